The first-order valence-electron chi connectivity index (χ1n) is 13.5. The van der Waals surface area contributed by atoms with Gasteiger partial charge in [-0.2, -0.15) is 0 Å². The number of aliphatic hydroxyl groups excluding tert-OH is 1. The number of carbonyl (C=O) groups excluding carboxylic acids is 2. The van der Waals surface area contributed by atoms with E-state index in [0.717, 1.165) is 28.1 Å². The number of ether oxygens (including phenoxy) is 2. The van der Waals surface area contributed by atoms with E-state index in [1.165, 1.54) is 5.57 Å². The van der Waals surface area contributed by atoms with Gasteiger partial charge < -0.3 is 14.6 Å². The Labute approximate surface area is 222 Å². The van der Waals surface area contributed by atoms with Crippen LogP contribution in [-0.4, -0.2) is 40.3 Å². The predicted molar refractivity (Wildman–Crippen MR) is 144 cm³/mol. The molecule has 0 amide bonds. The average Bonchev–Trinajstić information content (AvgIpc) is 3.28. The SMILES string of the molecule is C[C@H]1C=C2C=C[C@H](C)[C@H](CC[C@@H]3C[C@@H](O)CC(=O)O3)[C@H]2[C@@H](OC(=O)C(C)(C)c2nc3ccccc3s2)C1. The first kappa shape index (κ1) is 26.1. The molecule has 2 aliphatic carbocycles. The number of thiazole rings is 1. The lowest BCUT2D eigenvalue weighted by atomic mass is 9.65. The molecule has 0 unspecified atom stereocenters. The Bertz CT molecular complexity index is 1200. The molecule has 0 saturated carbocycles. The van der Waals surface area contributed by atoms with Crippen LogP contribution < -0.4 is 0 Å². The summed E-state index contributed by atoms with van der Waals surface area (Å²) in [6.07, 6.45) is 8.52. The Balaban J connectivity index is 1.35. The zero-order valence-electron chi connectivity index (χ0n) is 22.1. The molecule has 1 aromatic carbocycles. The Hall–Kier alpha value is -2.51. The molecular weight excluding hydrogens is 486 g/mol. The highest BCUT2D eigenvalue weighted by Gasteiger charge is 2.44. The monoisotopic (exact) mass is 523 g/mol. The Kier molecular flexibility index (Phi) is 7.29. The highest BCUT2D eigenvalue weighted by molar-refractivity contribution is 7.18. The van der Waals surface area contributed by atoms with E-state index in [0.29, 0.717) is 24.7 Å². The maximum atomic E-state index is 13.7. The fourth-order valence-corrected chi connectivity index (χ4v) is 7.21. The van der Waals surface area contributed by atoms with Crippen molar-refractivity contribution < 1.29 is 24.2 Å². The average molecular weight is 524 g/mol. The Morgan fingerprint density at radius 2 is 2.00 bits per heavy atom. The number of aromatic nitrogens is 1. The predicted octanol–water partition coefficient (Wildman–Crippen LogP) is 5.74. The normalized spacial score (nSPS) is 32.0. The number of benzene rings is 1. The van der Waals surface area contributed by atoms with E-state index in [2.05, 4.69) is 32.1 Å². The molecule has 0 bridgehead atoms. The zero-order valence-corrected chi connectivity index (χ0v) is 22.9. The number of allylic oxidation sites excluding steroid dienone is 3. The third-order valence-electron chi connectivity index (χ3n) is 8.25. The summed E-state index contributed by atoms with van der Waals surface area (Å²) in [6.45, 7) is 8.19. The van der Waals surface area contributed by atoms with E-state index in [1.807, 2.05) is 38.1 Å². The minimum atomic E-state index is -0.855. The van der Waals surface area contributed by atoms with Gasteiger partial charge in [-0.25, -0.2) is 4.98 Å². The van der Waals surface area contributed by atoms with Crippen LogP contribution in [0.4, 0.5) is 0 Å². The number of aliphatic hydroxyl groups is 1. The van der Waals surface area contributed by atoms with Crippen LogP contribution >= 0.6 is 11.3 Å². The molecule has 3 aliphatic rings. The number of esters is 2. The molecule has 1 aliphatic heterocycles. The molecule has 7 heteroatoms. The number of hydrogen-bond acceptors (Lipinski definition) is 7. The van der Waals surface area contributed by atoms with Crippen molar-refractivity contribution in [1.29, 1.82) is 0 Å². The lowest BCUT2D eigenvalue weighted by Crippen LogP contribution is -2.44. The molecular formula is C30H37NO5S. The van der Waals surface area contributed by atoms with Crippen molar-refractivity contribution in [3.05, 3.63) is 53.1 Å². The minimum Gasteiger partial charge on any atom is -0.462 e. The van der Waals surface area contributed by atoms with Crippen LogP contribution in [0.2, 0.25) is 0 Å². The van der Waals surface area contributed by atoms with Gasteiger partial charge in [-0.3, -0.25) is 9.59 Å². The van der Waals surface area contributed by atoms with E-state index in [1.54, 1.807) is 11.3 Å². The number of nitrogens with zero attached hydrogens (tertiary/aromatic N) is 1. The fourth-order valence-electron chi connectivity index (χ4n) is 6.15. The van der Waals surface area contributed by atoms with Gasteiger partial charge in [0.15, 0.2) is 0 Å². The molecule has 198 valence electrons. The number of rotatable bonds is 6. The van der Waals surface area contributed by atoms with Crippen LogP contribution in [0.25, 0.3) is 10.2 Å². The van der Waals surface area contributed by atoms with E-state index < -0.39 is 11.5 Å². The van der Waals surface area contributed by atoms with E-state index in [4.69, 9.17) is 14.5 Å². The number of carbonyl (C=O) groups is 2. The van der Waals surface area contributed by atoms with Gasteiger partial charge in [0, 0.05) is 12.3 Å². The number of hydrogen-bond donors (Lipinski definition) is 1. The summed E-state index contributed by atoms with van der Waals surface area (Å²) in [6, 6.07) is 7.95. The van der Waals surface area contributed by atoms with Crippen LogP contribution in [0.3, 0.4) is 0 Å². The molecule has 1 N–H and O–H groups in total. The summed E-state index contributed by atoms with van der Waals surface area (Å²) < 4.78 is 13.0. The first-order valence-corrected chi connectivity index (χ1v) is 14.3. The Morgan fingerprint density at radius 1 is 1.22 bits per heavy atom. The second kappa shape index (κ2) is 10.3. The maximum Gasteiger partial charge on any atom is 0.318 e. The third-order valence-corrected chi connectivity index (χ3v) is 9.61. The highest BCUT2D eigenvalue weighted by atomic mass is 32.1. The van der Waals surface area contributed by atoms with Crippen molar-refractivity contribution in [2.75, 3.05) is 0 Å². The van der Waals surface area contributed by atoms with Gasteiger partial charge in [0.25, 0.3) is 0 Å². The molecule has 37 heavy (non-hydrogen) atoms. The molecule has 2 heterocycles. The quantitative estimate of drug-likeness (QED) is 0.486. The van der Waals surface area contributed by atoms with Crippen molar-refractivity contribution in [2.24, 2.45) is 23.7 Å². The smallest absolute Gasteiger partial charge is 0.318 e. The molecule has 1 aromatic heterocycles. The highest BCUT2D eigenvalue weighted by Crippen LogP contribution is 2.46. The van der Waals surface area contributed by atoms with Crippen LogP contribution in [0.1, 0.15) is 64.8 Å². The van der Waals surface area contributed by atoms with Crippen molar-refractivity contribution in [3.63, 3.8) is 0 Å². The van der Waals surface area contributed by atoms with Crippen molar-refractivity contribution in [2.45, 2.75) is 83.5 Å². The number of fused-ring (bicyclic) bond motifs is 2. The van der Waals surface area contributed by atoms with Crippen LogP contribution in [0.15, 0.2) is 48.1 Å². The summed E-state index contributed by atoms with van der Waals surface area (Å²) in [5.74, 6) is 0.396. The fraction of sp³-hybridized carbons (Fsp3) is 0.567. The summed E-state index contributed by atoms with van der Waals surface area (Å²) in [5.41, 5.74) is 1.28. The topological polar surface area (TPSA) is 85.7 Å². The molecule has 6 nitrogen and oxygen atoms in total. The van der Waals surface area contributed by atoms with Crippen LogP contribution in [-0.2, 0) is 24.5 Å². The molecule has 2 aromatic rings. The van der Waals surface area contributed by atoms with Gasteiger partial charge in [-0.05, 0) is 68.6 Å². The van der Waals surface area contributed by atoms with Crippen molar-refractivity contribution >= 4 is 33.5 Å². The van der Waals surface area contributed by atoms with Crippen LogP contribution in [0.5, 0.6) is 0 Å². The van der Waals surface area contributed by atoms with E-state index >= 15 is 0 Å². The van der Waals surface area contributed by atoms with Gasteiger partial charge in [0.2, 0.25) is 0 Å². The third kappa shape index (κ3) is 5.39. The number of para-hydroxylation sites is 1. The minimum absolute atomic E-state index is 0.0783. The van der Waals surface area contributed by atoms with Gasteiger partial charge >= 0.3 is 11.9 Å². The molecule has 0 radical (unpaired) electrons. The molecule has 1 fully saturated rings. The molecule has 7 atom stereocenters. The standard InChI is InChI=1S/C30H37NO5S/c1-17-13-19-10-9-18(2)22(12-11-21-15-20(32)16-26(33)35-21)27(19)24(14-17)36-29(34)30(3,4)28-31-23-7-5-6-8-25(23)37-28/h5-10,13,17-18,20-22,24,27,32H,11-12,14-16H2,1-4H3/t17-,18-,20+,21+,22-,24-,27-/m0/s1. The summed E-state index contributed by atoms with van der Waals surface area (Å²) in [4.78, 5) is 30.3. The van der Waals surface area contributed by atoms with E-state index in [-0.39, 0.29) is 42.4 Å². The number of cyclic esters (lactones) is 1. The van der Waals surface area contributed by atoms with Gasteiger partial charge in [-0.15, -0.1) is 11.3 Å². The first-order chi connectivity index (χ1) is 17.6. The molecule has 5 rings (SSSR count). The van der Waals surface area contributed by atoms with Gasteiger partial charge in [0.1, 0.15) is 22.6 Å². The summed E-state index contributed by atoms with van der Waals surface area (Å²) in [5, 5.41) is 10.8. The second-order valence-corrected chi connectivity index (χ2v) is 12.7. The van der Waals surface area contributed by atoms with Crippen molar-refractivity contribution in [1.82, 2.24) is 4.98 Å². The largest absolute Gasteiger partial charge is 0.462 e. The Morgan fingerprint density at radius 3 is 2.76 bits per heavy atom. The van der Waals surface area contributed by atoms with Gasteiger partial charge in [-0.1, -0.05) is 44.2 Å². The van der Waals surface area contributed by atoms with Crippen molar-refractivity contribution in [3.8, 4) is 0 Å². The van der Waals surface area contributed by atoms with Gasteiger partial charge in [0.05, 0.1) is 22.7 Å². The lowest BCUT2D eigenvalue weighted by molar-refractivity contribution is -0.163. The molecule has 0 spiro atoms. The van der Waals surface area contributed by atoms with E-state index in [9.17, 15) is 14.7 Å². The molecule has 1 saturated heterocycles. The van der Waals surface area contributed by atoms with Crippen LogP contribution in [0, 0.1) is 23.7 Å². The second-order valence-electron chi connectivity index (χ2n) is 11.6. The summed E-state index contributed by atoms with van der Waals surface area (Å²) >= 11 is 1.55. The maximum absolute atomic E-state index is 13.7. The lowest BCUT2D eigenvalue weighted by Gasteiger charge is -2.44. The zero-order chi connectivity index (χ0) is 26.3. The summed E-state index contributed by atoms with van der Waals surface area (Å²) in [7, 11) is 0.